The minimum absolute atomic E-state index is 0.109. The Morgan fingerprint density at radius 2 is 1.91 bits per heavy atom. The van der Waals surface area contributed by atoms with Crippen LogP contribution in [-0.4, -0.2) is 62.6 Å². The van der Waals surface area contributed by atoms with E-state index in [0.29, 0.717) is 0 Å². The van der Waals surface area contributed by atoms with Crippen LogP contribution in [0.2, 0.25) is 0 Å². The molecular formula is C25H37N5O3S. The molecule has 8 nitrogen and oxygen atoms in total. The summed E-state index contributed by atoms with van der Waals surface area (Å²) in [6, 6.07) is 2.52. The van der Waals surface area contributed by atoms with Crippen LogP contribution in [0.4, 0.5) is 0 Å². The molecule has 186 valence electrons. The molecule has 9 heteroatoms. The normalized spacial score (nSPS) is 20.4. The lowest BCUT2D eigenvalue weighted by Gasteiger charge is -2.36. The number of nitrogens with one attached hydrogen (secondary N) is 2. The highest BCUT2D eigenvalue weighted by molar-refractivity contribution is 7.13. The van der Waals surface area contributed by atoms with Crippen LogP contribution in [0, 0.1) is 12.3 Å². The van der Waals surface area contributed by atoms with Gasteiger partial charge in [-0.05, 0) is 30.9 Å². The third-order valence-electron chi connectivity index (χ3n) is 6.10. The fraction of sp³-hybridized carbons (Fsp3) is 0.600. The summed E-state index contributed by atoms with van der Waals surface area (Å²) in [5, 5.41) is 16.7. The first-order valence-electron chi connectivity index (χ1n) is 11.8. The zero-order valence-electron chi connectivity index (χ0n) is 21.1. The van der Waals surface area contributed by atoms with E-state index in [9.17, 15) is 14.7 Å². The minimum Gasteiger partial charge on any atom is -0.391 e. The summed E-state index contributed by atoms with van der Waals surface area (Å²) < 4.78 is 0. The van der Waals surface area contributed by atoms with E-state index in [4.69, 9.17) is 0 Å². The molecule has 0 unspecified atom stereocenters. The van der Waals surface area contributed by atoms with Crippen molar-refractivity contribution in [3.8, 4) is 10.6 Å². The Morgan fingerprint density at radius 3 is 2.44 bits per heavy atom. The van der Waals surface area contributed by atoms with Gasteiger partial charge in [0.2, 0.25) is 11.8 Å². The molecule has 1 fully saturated rings. The predicted molar refractivity (Wildman–Crippen MR) is 134 cm³/mol. The van der Waals surface area contributed by atoms with Crippen LogP contribution in [0.5, 0.6) is 0 Å². The van der Waals surface area contributed by atoms with Crippen molar-refractivity contribution in [2.45, 2.75) is 85.2 Å². The fourth-order valence-electron chi connectivity index (χ4n) is 4.23. The van der Waals surface area contributed by atoms with E-state index in [1.165, 1.54) is 4.90 Å². The smallest absolute Gasteiger partial charge is 0.243 e. The first kappa shape index (κ1) is 26.2. The molecule has 0 bridgehead atoms. The van der Waals surface area contributed by atoms with Crippen LogP contribution >= 0.6 is 11.3 Å². The van der Waals surface area contributed by atoms with Gasteiger partial charge in [0.05, 0.1) is 40.0 Å². The second-order valence-corrected chi connectivity index (χ2v) is 11.3. The van der Waals surface area contributed by atoms with Gasteiger partial charge in [0.25, 0.3) is 0 Å². The lowest BCUT2D eigenvalue weighted by molar-refractivity contribution is -0.142. The van der Waals surface area contributed by atoms with Crippen LogP contribution in [0.3, 0.4) is 0 Å². The molecule has 1 aliphatic heterocycles. The van der Waals surface area contributed by atoms with Crippen molar-refractivity contribution in [2.24, 2.45) is 5.41 Å². The number of hydrogen-bond acceptors (Lipinski definition) is 7. The topological polar surface area (TPSA) is 107 Å². The highest BCUT2D eigenvalue weighted by Gasteiger charge is 2.44. The van der Waals surface area contributed by atoms with Crippen molar-refractivity contribution in [1.29, 1.82) is 0 Å². The van der Waals surface area contributed by atoms with Crippen LogP contribution in [0.1, 0.15) is 65.3 Å². The number of amides is 2. The molecule has 1 saturated heterocycles. The molecule has 34 heavy (non-hydrogen) atoms. The minimum atomic E-state index is -0.724. The van der Waals surface area contributed by atoms with Gasteiger partial charge in [0.1, 0.15) is 6.04 Å². The molecule has 4 atom stereocenters. The third kappa shape index (κ3) is 6.00. The lowest BCUT2D eigenvalue weighted by Crippen LogP contribution is -2.57. The summed E-state index contributed by atoms with van der Waals surface area (Å²) in [5.41, 5.74) is 4.12. The first-order chi connectivity index (χ1) is 15.9. The SMILES string of the molecule is Cc1ncsc1-c1ccc([C@H](C)NC(=O)[C@@H]2C[C@@H](O)CN2C(=O)[C@@H](NC(C)C)C(C)(C)C)cn1. The maximum absolute atomic E-state index is 13.5. The number of rotatable bonds is 7. The van der Waals surface area contributed by atoms with Crippen LogP contribution in [0.15, 0.2) is 23.8 Å². The zero-order valence-corrected chi connectivity index (χ0v) is 21.9. The van der Waals surface area contributed by atoms with Crippen molar-refractivity contribution in [3.63, 3.8) is 0 Å². The van der Waals surface area contributed by atoms with E-state index in [1.54, 1.807) is 23.0 Å². The number of aliphatic hydroxyl groups is 1. The Labute approximate surface area is 206 Å². The van der Waals surface area contributed by atoms with Crippen molar-refractivity contribution in [1.82, 2.24) is 25.5 Å². The fourth-order valence-corrected chi connectivity index (χ4v) is 5.01. The number of likely N-dealkylation sites (tertiary alicyclic amines) is 1. The van der Waals surface area contributed by atoms with Crippen LogP contribution in [0.25, 0.3) is 10.6 Å². The Kier molecular flexibility index (Phi) is 8.10. The van der Waals surface area contributed by atoms with Crippen LogP contribution < -0.4 is 10.6 Å². The Bertz CT molecular complexity index is 999. The predicted octanol–water partition coefficient (Wildman–Crippen LogP) is 3.07. The molecule has 0 spiro atoms. The molecule has 0 aliphatic carbocycles. The van der Waals surface area contributed by atoms with E-state index in [0.717, 1.165) is 21.8 Å². The van der Waals surface area contributed by atoms with Gasteiger partial charge in [-0.1, -0.05) is 40.7 Å². The average Bonchev–Trinajstić information content (AvgIpc) is 3.36. The van der Waals surface area contributed by atoms with Crippen LogP contribution in [-0.2, 0) is 9.59 Å². The number of thiazole rings is 1. The average molecular weight is 488 g/mol. The Balaban J connectivity index is 1.72. The molecule has 3 heterocycles. The van der Waals surface area contributed by atoms with Crippen molar-refractivity contribution < 1.29 is 14.7 Å². The summed E-state index contributed by atoms with van der Waals surface area (Å²) in [4.78, 5) is 38.1. The van der Waals surface area contributed by atoms with Gasteiger partial charge in [-0.15, -0.1) is 11.3 Å². The number of nitrogens with zero attached hydrogens (tertiary/aromatic N) is 3. The molecule has 0 radical (unpaired) electrons. The van der Waals surface area contributed by atoms with Crippen molar-refractivity contribution in [2.75, 3.05) is 6.54 Å². The molecule has 0 saturated carbocycles. The Hall–Kier alpha value is -2.36. The maximum atomic E-state index is 13.5. The standard InChI is InChI=1S/C25H37N5O3S/c1-14(2)28-22(25(5,6)7)24(33)30-12-18(31)10-20(30)23(32)29-15(3)17-8-9-19(26-11-17)21-16(4)27-13-34-21/h8-9,11,13-15,18,20,22,28,31H,10,12H2,1-7H3,(H,29,32)/t15-,18+,20-,22+/m0/s1. The number of aliphatic hydroxyl groups excluding tert-OH is 1. The van der Waals surface area contributed by atoms with Crippen molar-refractivity contribution in [3.05, 3.63) is 35.1 Å². The zero-order chi connectivity index (χ0) is 25.2. The molecule has 3 rings (SSSR count). The second-order valence-electron chi connectivity index (χ2n) is 10.5. The summed E-state index contributed by atoms with van der Waals surface area (Å²) in [7, 11) is 0. The van der Waals surface area contributed by atoms with Gasteiger partial charge in [0, 0.05) is 25.2 Å². The van der Waals surface area contributed by atoms with Gasteiger partial charge in [-0.25, -0.2) is 4.98 Å². The maximum Gasteiger partial charge on any atom is 0.243 e. The Morgan fingerprint density at radius 1 is 1.21 bits per heavy atom. The third-order valence-corrected chi connectivity index (χ3v) is 7.05. The molecule has 2 aromatic rings. The van der Waals surface area contributed by atoms with E-state index in [1.807, 2.05) is 60.6 Å². The summed E-state index contributed by atoms with van der Waals surface area (Å²) in [6.45, 7) is 14.0. The van der Waals surface area contributed by atoms with Gasteiger partial charge in [0.15, 0.2) is 0 Å². The highest BCUT2D eigenvalue weighted by atomic mass is 32.1. The number of aromatic nitrogens is 2. The van der Waals surface area contributed by atoms with E-state index >= 15 is 0 Å². The number of β-amino-alcohol motifs (C(OH)–C–C–N with tert-alkyl or cyclic N) is 1. The van der Waals surface area contributed by atoms with Gasteiger partial charge in [-0.2, -0.15) is 0 Å². The number of hydrogen-bond donors (Lipinski definition) is 3. The molecule has 2 amide bonds. The molecular weight excluding hydrogens is 450 g/mol. The second kappa shape index (κ2) is 10.5. The lowest BCUT2D eigenvalue weighted by atomic mass is 9.85. The van der Waals surface area contributed by atoms with Crippen molar-refractivity contribution >= 4 is 23.2 Å². The quantitative estimate of drug-likeness (QED) is 0.554. The molecule has 1 aliphatic rings. The number of aryl methyl sites for hydroxylation is 1. The summed E-state index contributed by atoms with van der Waals surface area (Å²) >= 11 is 1.55. The van der Waals surface area contributed by atoms with Gasteiger partial charge in [-0.3, -0.25) is 14.6 Å². The first-order valence-corrected chi connectivity index (χ1v) is 12.7. The highest BCUT2D eigenvalue weighted by Crippen LogP contribution is 2.28. The van der Waals surface area contributed by atoms with E-state index in [2.05, 4.69) is 20.6 Å². The monoisotopic (exact) mass is 487 g/mol. The molecule has 3 N–H and O–H groups in total. The van der Waals surface area contributed by atoms with E-state index in [-0.39, 0.29) is 42.3 Å². The number of carbonyl (C=O) groups is 2. The molecule has 2 aromatic heterocycles. The number of pyridine rings is 1. The largest absolute Gasteiger partial charge is 0.391 e. The number of carbonyl (C=O) groups excluding carboxylic acids is 2. The summed E-state index contributed by atoms with van der Waals surface area (Å²) in [6.07, 6.45) is 1.26. The summed E-state index contributed by atoms with van der Waals surface area (Å²) in [5.74, 6) is -0.423. The van der Waals surface area contributed by atoms with E-state index < -0.39 is 18.2 Å². The van der Waals surface area contributed by atoms with Gasteiger partial charge < -0.3 is 20.6 Å². The van der Waals surface area contributed by atoms with Gasteiger partial charge >= 0.3 is 0 Å². The molecule has 0 aromatic carbocycles.